The molecule has 0 aliphatic heterocycles. The number of hydrogen-bond donors (Lipinski definition) is 0. The molecule has 0 aliphatic carbocycles. The van der Waals surface area contributed by atoms with Crippen LogP contribution in [-0.2, 0) is 0 Å². The minimum Gasteiger partial charge on any atom is -0.309 e. The second-order valence-corrected chi connectivity index (χ2v) is 14.2. The van der Waals surface area contributed by atoms with E-state index in [-0.39, 0.29) is 0 Å². The highest BCUT2D eigenvalue weighted by atomic mass is 15.2. The molecular formula is C54H38N2. The molecule has 1 heterocycles. The van der Waals surface area contributed by atoms with Crippen LogP contribution in [0.3, 0.4) is 0 Å². The fourth-order valence-corrected chi connectivity index (χ4v) is 8.17. The van der Waals surface area contributed by atoms with Gasteiger partial charge < -0.3 is 9.47 Å². The largest absolute Gasteiger partial charge is 0.309 e. The molecule has 0 aliphatic rings. The standard InChI is InChI=1S/C54H38N2/c1-6-19-39(20-7-1)43-33-34-51(49(38-43)42-25-12-4-13-26-42)56(47-36-44(40-21-8-2-9-22-40)35-45(37-47)41-23-10-3-11-24-41)53-32-18-31-52-54(53)48-29-16-17-30-50(48)55(52)46-27-14-5-15-28-46/h1-38H. The molecule has 0 saturated heterocycles. The molecule has 2 nitrogen and oxygen atoms in total. The van der Waals surface area contributed by atoms with Gasteiger partial charge in [-0.15, -0.1) is 0 Å². The quantitative estimate of drug-likeness (QED) is 0.152. The van der Waals surface area contributed by atoms with Crippen LogP contribution in [0.4, 0.5) is 17.1 Å². The first-order valence-corrected chi connectivity index (χ1v) is 19.2. The summed E-state index contributed by atoms with van der Waals surface area (Å²) >= 11 is 0. The molecule has 0 spiro atoms. The number of aromatic nitrogens is 1. The summed E-state index contributed by atoms with van der Waals surface area (Å²) in [5, 5.41) is 2.40. The van der Waals surface area contributed by atoms with Crippen LogP contribution in [0.25, 0.3) is 72.0 Å². The summed E-state index contributed by atoms with van der Waals surface area (Å²) < 4.78 is 2.40. The predicted molar refractivity (Wildman–Crippen MR) is 237 cm³/mol. The average Bonchev–Trinajstić information content (AvgIpc) is 3.63. The summed E-state index contributed by atoms with van der Waals surface area (Å²) in [6, 6.07) is 83.3. The normalized spacial score (nSPS) is 11.2. The summed E-state index contributed by atoms with van der Waals surface area (Å²) in [7, 11) is 0. The van der Waals surface area contributed by atoms with E-state index in [1.807, 2.05) is 0 Å². The Balaban J connectivity index is 1.32. The van der Waals surface area contributed by atoms with Gasteiger partial charge in [0.25, 0.3) is 0 Å². The lowest BCUT2D eigenvalue weighted by molar-refractivity contribution is 1.18. The SMILES string of the molecule is c1ccc(-c2cc(-c3ccccc3)cc(N(c3ccc(-c4ccccc4)cc3-c3ccccc3)c3cccc4c3c3ccccc3n4-c3ccccc3)c2)cc1. The molecule has 10 rings (SSSR count). The summed E-state index contributed by atoms with van der Waals surface area (Å²) in [4.78, 5) is 2.50. The van der Waals surface area contributed by atoms with E-state index in [0.29, 0.717) is 0 Å². The van der Waals surface area contributed by atoms with Gasteiger partial charge in [-0.2, -0.15) is 0 Å². The lowest BCUT2D eigenvalue weighted by Crippen LogP contribution is -2.12. The molecule has 0 fully saturated rings. The minimum atomic E-state index is 1.08. The van der Waals surface area contributed by atoms with Crippen molar-refractivity contribution in [3.8, 4) is 50.2 Å². The average molecular weight is 715 g/mol. The second kappa shape index (κ2) is 14.4. The maximum atomic E-state index is 2.50. The third kappa shape index (κ3) is 6.04. The summed E-state index contributed by atoms with van der Waals surface area (Å²) in [6.45, 7) is 0. The second-order valence-electron chi connectivity index (χ2n) is 14.2. The minimum absolute atomic E-state index is 1.08. The van der Waals surface area contributed by atoms with Gasteiger partial charge in [0, 0.05) is 27.7 Å². The Labute approximate surface area is 327 Å². The summed E-state index contributed by atoms with van der Waals surface area (Å²) in [5.41, 5.74) is 16.1. The molecule has 0 bridgehead atoms. The molecule has 0 atom stereocenters. The highest BCUT2D eigenvalue weighted by Gasteiger charge is 2.24. The molecule has 2 heteroatoms. The molecule has 10 aromatic rings. The van der Waals surface area contributed by atoms with Crippen molar-refractivity contribution in [2.24, 2.45) is 0 Å². The Kier molecular flexibility index (Phi) is 8.55. The molecule has 0 saturated carbocycles. The Bertz CT molecular complexity index is 2880. The van der Waals surface area contributed by atoms with Gasteiger partial charge in [-0.3, -0.25) is 0 Å². The van der Waals surface area contributed by atoms with E-state index in [0.717, 1.165) is 50.5 Å². The van der Waals surface area contributed by atoms with E-state index in [9.17, 15) is 0 Å². The number of hydrogen-bond acceptors (Lipinski definition) is 1. The number of nitrogens with zero attached hydrogens (tertiary/aromatic N) is 2. The zero-order valence-electron chi connectivity index (χ0n) is 30.8. The van der Waals surface area contributed by atoms with Gasteiger partial charge in [-0.1, -0.05) is 170 Å². The van der Waals surface area contributed by atoms with E-state index >= 15 is 0 Å². The van der Waals surface area contributed by atoms with Crippen LogP contribution in [0.2, 0.25) is 0 Å². The Morgan fingerprint density at radius 2 is 0.804 bits per heavy atom. The van der Waals surface area contributed by atoms with E-state index in [4.69, 9.17) is 0 Å². The predicted octanol–water partition coefficient (Wildman–Crippen LogP) is 14.9. The topological polar surface area (TPSA) is 8.17 Å². The molecule has 56 heavy (non-hydrogen) atoms. The van der Waals surface area contributed by atoms with Crippen molar-refractivity contribution in [3.05, 3.63) is 231 Å². The third-order valence-electron chi connectivity index (χ3n) is 10.8. The van der Waals surface area contributed by atoms with Gasteiger partial charge in [-0.25, -0.2) is 0 Å². The van der Waals surface area contributed by atoms with Gasteiger partial charge in [0.15, 0.2) is 0 Å². The van der Waals surface area contributed by atoms with Crippen molar-refractivity contribution in [1.82, 2.24) is 4.57 Å². The molecule has 0 amide bonds. The van der Waals surface area contributed by atoms with Crippen LogP contribution in [0.5, 0.6) is 0 Å². The number of rotatable bonds is 8. The van der Waals surface area contributed by atoms with Crippen molar-refractivity contribution >= 4 is 38.9 Å². The van der Waals surface area contributed by atoms with E-state index in [2.05, 4.69) is 240 Å². The first-order valence-electron chi connectivity index (χ1n) is 19.2. The zero-order valence-corrected chi connectivity index (χ0v) is 30.8. The van der Waals surface area contributed by atoms with Gasteiger partial charge in [0.2, 0.25) is 0 Å². The lowest BCUT2D eigenvalue weighted by atomic mass is 9.94. The maximum Gasteiger partial charge on any atom is 0.0562 e. The van der Waals surface area contributed by atoms with Crippen LogP contribution in [0.1, 0.15) is 0 Å². The van der Waals surface area contributed by atoms with Gasteiger partial charge in [-0.05, 0) is 99.6 Å². The van der Waals surface area contributed by atoms with Gasteiger partial charge in [0.1, 0.15) is 0 Å². The van der Waals surface area contributed by atoms with Crippen LogP contribution in [0.15, 0.2) is 231 Å². The molecular weight excluding hydrogens is 677 g/mol. The molecule has 0 radical (unpaired) electrons. The number of para-hydroxylation sites is 2. The van der Waals surface area contributed by atoms with Gasteiger partial charge in [0.05, 0.1) is 22.4 Å². The highest BCUT2D eigenvalue weighted by Crippen LogP contribution is 2.48. The maximum absolute atomic E-state index is 2.50. The zero-order chi connectivity index (χ0) is 37.3. The molecule has 9 aromatic carbocycles. The highest BCUT2D eigenvalue weighted by molar-refractivity contribution is 6.17. The van der Waals surface area contributed by atoms with Crippen LogP contribution in [0, 0.1) is 0 Å². The van der Waals surface area contributed by atoms with Crippen molar-refractivity contribution in [1.29, 1.82) is 0 Å². The van der Waals surface area contributed by atoms with Crippen molar-refractivity contribution in [2.45, 2.75) is 0 Å². The molecule has 0 unspecified atom stereocenters. The molecule has 264 valence electrons. The number of benzene rings is 9. The van der Waals surface area contributed by atoms with E-state index in [1.165, 1.54) is 38.5 Å². The van der Waals surface area contributed by atoms with Crippen LogP contribution >= 0.6 is 0 Å². The van der Waals surface area contributed by atoms with Crippen LogP contribution < -0.4 is 4.90 Å². The smallest absolute Gasteiger partial charge is 0.0562 e. The number of anilines is 3. The van der Waals surface area contributed by atoms with Crippen molar-refractivity contribution in [3.63, 3.8) is 0 Å². The van der Waals surface area contributed by atoms with Crippen LogP contribution in [-0.4, -0.2) is 4.57 Å². The molecule has 1 aromatic heterocycles. The fraction of sp³-hybridized carbons (Fsp3) is 0. The first kappa shape index (κ1) is 33.2. The van der Waals surface area contributed by atoms with Crippen molar-refractivity contribution < 1.29 is 0 Å². The fourth-order valence-electron chi connectivity index (χ4n) is 8.17. The Morgan fingerprint density at radius 3 is 1.41 bits per heavy atom. The Morgan fingerprint density at radius 1 is 0.304 bits per heavy atom. The molecule has 0 N–H and O–H groups in total. The first-order chi connectivity index (χ1) is 27.8. The van der Waals surface area contributed by atoms with Gasteiger partial charge >= 0.3 is 0 Å². The summed E-state index contributed by atoms with van der Waals surface area (Å²) in [6.07, 6.45) is 0. The van der Waals surface area contributed by atoms with E-state index in [1.54, 1.807) is 0 Å². The number of fused-ring (bicyclic) bond motifs is 3. The third-order valence-corrected chi connectivity index (χ3v) is 10.8. The Hall–Kier alpha value is -7.42. The van der Waals surface area contributed by atoms with Crippen molar-refractivity contribution in [2.75, 3.05) is 4.90 Å². The lowest BCUT2D eigenvalue weighted by Gasteiger charge is -2.30. The van der Waals surface area contributed by atoms with E-state index < -0.39 is 0 Å². The monoisotopic (exact) mass is 714 g/mol. The summed E-state index contributed by atoms with van der Waals surface area (Å²) in [5.74, 6) is 0.